The lowest BCUT2D eigenvalue weighted by atomic mass is 9.92. The van der Waals surface area contributed by atoms with Crippen LogP contribution in [0, 0.1) is 0 Å². The molecule has 0 amide bonds. The summed E-state index contributed by atoms with van der Waals surface area (Å²) in [6.07, 6.45) is 0. The first-order valence-corrected chi connectivity index (χ1v) is 15.3. The van der Waals surface area contributed by atoms with Gasteiger partial charge in [-0.15, -0.1) is 0 Å². The van der Waals surface area contributed by atoms with Crippen molar-refractivity contribution < 1.29 is 47.4 Å². The van der Waals surface area contributed by atoms with Gasteiger partial charge in [-0.2, -0.15) is 0 Å². The maximum Gasteiger partial charge on any atom is 0.161 e. The van der Waals surface area contributed by atoms with Crippen molar-refractivity contribution in [3.63, 3.8) is 0 Å². The Labute approximate surface area is 250 Å². The number of ether oxygens (including phenoxy) is 10. The van der Waals surface area contributed by atoms with Crippen LogP contribution in [0.5, 0.6) is 23.0 Å². The molecule has 2 aliphatic rings. The van der Waals surface area contributed by atoms with Crippen LogP contribution in [0.2, 0.25) is 0 Å². The van der Waals surface area contributed by atoms with Gasteiger partial charge in [-0.05, 0) is 35.4 Å². The van der Waals surface area contributed by atoms with Crippen molar-refractivity contribution in [2.24, 2.45) is 0 Å². The molecule has 0 aromatic heterocycles. The summed E-state index contributed by atoms with van der Waals surface area (Å²) in [5.74, 6) is 2.69. The smallest absolute Gasteiger partial charge is 0.161 e. The van der Waals surface area contributed by atoms with Gasteiger partial charge in [0.1, 0.15) is 26.4 Å². The molecule has 0 aliphatic carbocycles. The molecule has 11 heteroatoms. The molecule has 0 N–H and O–H groups in total. The fraction of sp³-hybridized carbons (Fsp3) is 0.600. The monoisotopic (exact) mass is 640 g/mol. The topological polar surface area (TPSA) is 92.3 Å². The third-order valence-electron chi connectivity index (χ3n) is 6.32. The molecule has 4 rings (SSSR count). The average molecular weight is 642 g/mol. The number of fused-ring (bicyclic) bond motifs is 2. The molecule has 0 radical (unpaired) electrons. The fourth-order valence-corrected chi connectivity index (χ4v) is 4.99. The van der Waals surface area contributed by atoms with Crippen molar-refractivity contribution in [2.45, 2.75) is 5.92 Å². The van der Waals surface area contributed by atoms with Gasteiger partial charge in [-0.1, -0.05) is 28.1 Å². The van der Waals surface area contributed by atoms with Crippen LogP contribution in [0.25, 0.3) is 0 Å². The zero-order chi connectivity index (χ0) is 28.4. The summed E-state index contributed by atoms with van der Waals surface area (Å²) in [5, 5.41) is 0.695. The van der Waals surface area contributed by atoms with Crippen molar-refractivity contribution in [1.29, 1.82) is 0 Å². The highest BCUT2D eigenvalue weighted by atomic mass is 79.9. The Kier molecular flexibility index (Phi) is 14.9. The van der Waals surface area contributed by atoms with Gasteiger partial charge in [0.15, 0.2) is 23.0 Å². The van der Waals surface area contributed by atoms with Crippen molar-refractivity contribution in [2.75, 3.05) is 111 Å². The van der Waals surface area contributed by atoms with Gasteiger partial charge in [-0.3, -0.25) is 0 Å². The largest absolute Gasteiger partial charge is 0.487 e. The van der Waals surface area contributed by atoms with Crippen molar-refractivity contribution in [1.82, 2.24) is 0 Å². The Bertz CT molecular complexity index is 930. The van der Waals surface area contributed by atoms with E-state index in [1.165, 1.54) is 0 Å². The minimum absolute atomic E-state index is 0.0273. The lowest BCUT2D eigenvalue weighted by molar-refractivity contribution is 0.00708. The normalized spacial score (nSPS) is 19.3. The quantitative estimate of drug-likeness (QED) is 0.461. The molecule has 2 aromatic rings. The standard InChI is InChI=1S/C30H41BrO10/c31-23-26(24-1-3-27-29(21-24)40-19-15-36-11-7-32-5-9-34-13-17-38-27)25-2-4-28-30(22-25)41-20-16-37-12-8-33-6-10-35-14-18-39-28/h1-4,21-22,26H,5-20,23H2. The Balaban J connectivity index is 1.50. The maximum absolute atomic E-state index is 6.11. The highest BCUT2D eigenvalue weighted by Gasteiger charge is 2.19. The maximum atomic E-state index is 6.11. The van der Waals surface area contributed by atoms with E-state index in [4.69, 9.17) is 47.4 Å². The van der Waals surface area contributed by atoms with Gasteiger partial charge in [0, 0.05) is 11.2 Å². The molecule has 2 aliphatic heterocycles. The molecule has 0 saturated heterocycles. The predicted octanol–water partition coefficient (Wildman–Crippen LogP) is 3.86. The Morgan fingerprint density at radius 2 is 0.707 bits per heavy atom. The van der Waals surface area contributed by atoms with Crippen LogP contribution in [0.4, 0.5) is 0 Å². The SMILES string of the molecule is BrCC(c1ccc2c(c1)OCCOCCOCCOCCO2)c1ccc2c(c1)OCCOCCOCCOCCO2. The van der Waals surface area contributed by atoms with E-state index >= 15 is 0 Å². The Hall–Kier alpha value is -2.12. The van der Waals surface area contributed by atoms with Crippen LogP contribution >= 0.6 is 15.9 Å². The van der Waals surface area contributed by atoms with Crippen LogP contribution in [-0.4, -0.2) is 111 Å². The molecule has 0 fully saturated rings. The number of benzene rings is 2. The molecule has 0 saturated carbocycles. The van der Waals surface area contributed by atoms with Crippen molar-refractivity contribution in [3.8, 4) is 23.0 Å². The highest BCUT2D eigenvalue weighted by molar-refractivity contribution is 9.09. The first-order valence-electron chi connectivity index (χ1n) is 14.2. The molecule has 0 atom stereocenters. The molecule has 0 bridgehead atoms. The first-order chi connectivity index (χ1) is 20.3. The number of alkyl halides is 1. The van der Waals surface area contributed by atoms with Crippen LogP contribution in [-0.2, 0) is 28.4 Å². The number of hydrogen-bond acceptors (Lipinski definition) is 10. The minimum Gasteiger partial charge on any atom is -0.487 e. The second-order valence-corrected chi connectivity index (χ2v) is 9.83. The van der Waals surface area contributed by atoms with Crippen molar-refractivity contribution in [3.05, 3.63) is 47.5 Å². The summed E-state index contributed by atoms with van der Waals surface area (Å²) in [6.45, 7) is 7.64. The number of hydrogen-bond donors (Lipinski definition) is 0. The zero-order valence-corrected chi connectivity index (χ0v) is 25.1. The Morgan fingerprint density at radius 3 is 1.02 bits per heavy atom. The minimum atomic E-state index is 0.0273. The molecular weight excluding hydrogens is 600 g/mol. The average Bonchev–Trinajstić information content (AvgIpc) is 3.00. The van der Waals surface area contributed by atoms with E-state index in [2.05, 4.69) is 28.1 Å². The molecule has 228 valence electrons. The third kappa shape index (κ3) is 11.2. The third-order valence-corrected chi connectivity index (χ3v) is 6.97. The molecular formula is C30H41BrO10. The lowest BCUT2D eigenvalue weighted by Gasteiger charge is -2.21. The second-order valence-electron chi connectivity index (χ2n) is 9.19. The lowest BCUT2D eigenvalue weighted by Crippen LogP contribution is -2.13. The molecule has 2 heterocycles. The first kappa shape index (κ1) is 31.8. The van der Waals surface area contributed by atoms with Gasteiger partial charge in [0.2, 0.25) is 0 Å². The van der Waals surface area contributed by atoms with Gasteiger partial charge in [0.05, 0.1) is 79.3 Å². The van der Waals surface area contributed by atoms with E-state index in [9.17, 15) is 0 Å². The second kappa shape index (κ2) is 19.1. The highest BCUT2D eigenvalue weighted by Crippen LogP contribution is 2.38. The molecule has 0 spiro atoms. The molecule has 2 aromatic carbocycles. The van der Waals surface area contributed by atoms with Crippen LogP contribution < -0.4 is 18.9 Å². The predicted molar refractivity (Wildman–Crippen MR) is 155 cm³/mol. The summed E-state index contributed by atoms with van der Waals surface area (Å²) >= 11 is 3.73. The fourth-order valence-electron chi connectivity index (χ4n) is 4.24. The summed E-state index contributed by atoms with van der Waals surface area (Å²) < 4.78 is 57.6. The van der Waals surface area contributed by atoms with Gasteiger partial charge < -0.3 is 47.4 Å². The van der Waals surface area contributed by atoms with Crippen molar-refractivity contribution >= 4 is 15.9 Å². The summed E-state index contributed by atoms with van der Waals surface area (Å²) in [6, 6.07) is 12.1. The van der Waals surface area contributed by atoms with E-state index in [1.807, 2.05) is 24.3 Å². The molecule has 41 heavy (non-hydrogen) atoms. The summed E-state index contributed by atoms with van der Waals surface area (Å²) in [4.78, 5) is 0. The van der Waals surface area contributed by atoms with Crippen LogP contribution in [0.15, 0.2) is 36.4 Å². The molecule has 10 nitrogen and oxygen atoms in total. The van der Waals surface area contributed by atoms with Crippen LogP contribution in [0.1, 0.15) is 17.0 Å². The van der Waals surface area contributed by atoms with Gasteiger partial charge >= 0.3 is 0 Å². The number of rotatable bonds is 3. The molecule has 0 unspecified atom stereocenters. The van der Waals surface area contributed by atoms with E-state index < -0.39 is 0 Å². The summed E-state index contributed by atoms with van der Waals surface area (Å²) in [7, 11) is 0. The van der Waals surface area contributed by atoms with E-state index in [1.54, 1.807) is 0 Å². The van der Waals surface area contributed by atoms with E-state index in [0.717, 1.165) is 11.1 Å². The Morgan fingerprint density at radius 1 is 0.415 bits per heavy atom. The van der Waals surface area contributed by atoms with Gasteiger partial charge in [-0.25, -0.2) is 0 Å². The van der Waals surface area contributed by atoms with E-state index in [0.29, 0.717) is 134 Å². The van der Waals surface area contributed by atoms with Crippen LogP contribution in [0.3, 0.4) is 0 Å². The zero-order valence-electron chi connectivity index (χ0n) is 23.5. The summed E-state index contributed by atoms with van der Waals surface area (Å²) in [5.41, 5.74) is 2.14. The van der Waals surface area contributed by atoms with E-state index in [-0.39, 0.29) is 5.92 Å². The number of halogens is 1. The van der Waals surface area contributed by atoms with Gasteiger partial charge in [0.25, 0.3) is 0 Å².